The Morgan fingerprint density at radius 1 is 1.15 bits per heavy atom. The molecule has 2 aliphatic rings. The third-order valence-corrected chi connectivity index (χ3v) is 7.18. The first-order valence-corrected chi connectivity index (χ1v) is 10.9. The summed E-state index contributed by atoms with van der Waals surface area (Å²) in [5.74, 6) is 1.43. The third kappa shape index (κ3) is 4.33. The predicted molar refractivity (Wildman–Crippen MR) is 104 cm³/mol. The first kappa shape index (κ1) is 20.2. The van der Waals surface area contributed by atoms with E-state index in [1.807, 2.05) is 0 Å². The monoisotopic (exact) mass is 414 g/mol. The zero-order valence-electron chi connectivity index (χ0n) is 14.9. The molecule has 1 aliphatic carbocycles. The summed E-state index contributed by atoms with van der Waals surface area (Å²) in [6.07, 6.45) is 4.24. The van der Waals surface area contributed by atoms with Gasteiger partial charge in [0.2, 0.25) is 0 Å². The summed E-state index contributed by atoms with van der Waals surface area (Å²) in [6, 6.07) is 6.22. The van der Waals surface area contributed by atoms with E-state index < -0.39 is 9.84 Å². The summed E-state index contributed by atoms with van der Waals surface area (Å²) < 4.78 is 39.3. The van der Waals surface area contributed by atoms with Crippen molar-refractivity contribution in [1.29, 1.82) is 0 Å². The molecule has 1 aromatic heterocycles. The van der Waals surface area contributed by atoms with Gasteiger partial charge in [0.25, 0.3) is 0 Å². The van der Waals surface area contributed by atoms with E-state index in [0.717, 1.165) is 31.5 Å². The van der Waals surface area contributed by atoms with Crippen molar-refractivity contribution in [1.82, 2.24) is 14.8 Å². The van der Waals surface area contributed by atoms with E-state index in [1.165, 1.54) is 12.1 Å². The summed E-state index contributed by atoms with van der Waals surface area (Å²) >= 11 is 0. The highest BCUT2D eigenvalue weighted by atomic mass is 35.5. The Bertz CT molecular complexity index is 910. The molecule has 0 radical (unpaired) electrons. The van der Waals surface area contributed by atoms with E-state index in [9.17, 15) is 12.8 Å². The Kier molecular flexibility index (Phi) is 5.88. The van der Waals surface area contributed by atoms with Crippen molar-refractivity contribution in [3.05, 3.63) is 35.9 Å². The molecule has 4 rings (SSSR count). The van der Waals surface area contributed by atoms with Crippen LogP contribution in [0.5, 0.6) is 0 Å². The normalized spacial score (nSPS) is 27.3. The second-order valence-corrected chi connectivity index (χ2v) is 9.65. The van der Waals surface area contributed by atoms with Gasteiger partial charge < -0.3 is 5.73 Å². The summed E-state index contributed by atoms with van der Waals surface area (Å²) in [5, 5.41) is 4.61. The molecule has 1 saturated carbocycles. The van der Waals surface area contributed by atoms with E-state index in [2.05, 4.69) is 5.10 Å². The standard InChI is InChI=1S/C18H23FN4O2S.ClH/c19-14-3-1-2-13(10-14)17-21-18(12-4-6-15(20)7-5-12)23(22-17)16-8-9-26(24,25)11-16;/h1-3,10,12,15-16H,4-9,11,20H2;1H. The van der Waals surface area contributed by atoms with Crippen LogP contribution in [0.1, 0.15) is 49.9 Å². The van der Waals surface area contributed by atoms with E-state index in [0.29, 0.717) is 17.8 Å². The number of rotatable bonds is 3. The maximum atomic E-state index is 13.6. The summed E-state index contributed by atoms with van der Waals surface area (Å²) in [6.45, 7) is 0. The molecule has 6 nitrogen and oxygen atoms in total. The molecule has 0 spiro atoms. The van der Waals surface area contributed by atoms with Crippen LogP contribution in [0.2, 0.25) is 0 Å². The molecule has 2 aromatic rings. The predicted octanol–water partition coefficient (Wildman–Crippen LogP) is 2.85. The van der Waals surface area contributed by atoms with Gasteiger partial charge in [0.15, 0.2) is 15.7 Å². The summed E-state index contributed by atoms with van der Waals surface area (Å²) in [4.78, 5) is 4.71. The summed E-state index contributed by atoms with van der Waals surface area (Å²) in [7, 11) is -3.03. The van der Waals surface area contributed by atoms with Gasteiger partial charge in [0.1, 0.15) is 11.6 Å². The first-order chi connectivity index (χ1) is 12.4. The van der Waals surface area contributed by atoms with Crippen LogP contribution in [-0.2, 0) is 9.84 Å². The Labute approximate surface area is 164 Å². The molecule has 148 valence electrons. The molecule has 0 bridgehead atoms. The van der Waals surface area contributed by atoms with Crippen molar-refractivity contribution >= 4 is 22.2 Å². The molecule has 9 heteroatoms. The van der Waals surface area contributed by atoms with Crippen LogP contribution in [0.15, 0.2) is 24.3 Å². The number of hydrogen-bond acceptors (Lipinski definition) is 5. The first-order valence-electron chi connectivity index (χ1n) is 9.10. The number of aromatic nitrogens is 3. The minimum Gasteiger partial charge on any atom is -0.328 e. The molecule has 1 unspecified atom stereocenters. The molecule has 2 N–H and O–H groups in total. The van der Waals surface area contributed by atoms with Crippen molar-refractivity contribution in [3.8, 4) is 11.4 Å². The van der Waals surface area contributed by atoms with Crippen molar-refractivity contribution < 1.29 is 12.8 Å². The van der Waals surface area contributed by atoms with E-state index in [1.54, 1.807) is 16.8 Å². The lowest BCUT2D eigenvalue weighted by Gasteiger charge is -2.26. The van der Waals surface area contributed by atoms with E-state index >= 15 is 0 Å². The second-order valence-electron chi connectivity index (χ2n) is 7.42. The fourth-order valence-corrected chi connectivity index (χ4v) is 5.67. The van der Waals surface area contributed by atoms with Crippen LogP contribution in [-0.4, -0.2) is 40.7 Å². The van der Waals surface area contributed by atoms with Gasteiger partial charge in [0.05, 0.1) is 17.5 Å². The zero-order chi connectivity index (χ0) is 18.3. The van der Waals surface area contributed by atoms with Crippen LogP contribution in [0.4, 0.5) is 4.39 Å². The van der Waals surface area contributed by atoms with Crippen LogP contribution in [0.3, 0.4) is 0 Å². The number of nitrogens with zero attached hydrogens (tertiary/aromatic N) is 3. The Morgan fingerprint density at radius 3 is 2.52 bits per heavy atom. The summed E-state index contributed by atoms with van der Waals surface area (Å²) in [5.41, 5.74) is 6.63. The van der Waals surface area contributed by atoms with Gasteiger partial charge in [-0.25, -0.2) is 22.5 Å². The van der Waals surface area contributed by atoms with Crippen LogP contribution in [0, 0.1) is 5.82 Å². The quantitative estimate of drug-likeness (QED) is 0.833. The molecular weight excluding hydrogens is 391 g/mol. The van der Waals surface area contributed by atoms with Crippen LogP contribution >= 0.6 is 12.4 Å². The molecule has 1 saturated heterocycles. The van der Waals surface area contributed by atoms with Gasteiger partial charge in [-0.05, 0) is 44.2 Å². The topological polar surface area (TPSA) is 90.9 Å². The number of nitrogens with two attached hydrogens (primary N) is 1. The third-order valence-electron chi connectivity index (χ3n) is 5.43. The minimum atomic E-state index is -3.03. The number of benzene rings is 1. The Morgan fingerprint density at radius 2 is 1.89 bits per heavy atom. The highest BCUT2D eigenvalue weighted by Gasteiger charge is 2.34. The van der Waals surface area contributed by atoms with Gasteiger partial charge >= 0.3 is 0 Å². The highest BCUT2D eigenvalue weighted by molar-refractivity contribution is 7.91. The zero-order valence-corrected chi connectivity index (χ0v) is 16.6. The van der Waals surface area contributed by atoms with Gasteiger partial charge in [-0.1, -0.05) is 12.1 Å². The smallest absolute Gasteiger partial charge is 0.181 e. The number of hydrogen-bond donors (Lipinski definition) is 1. The number of halogens is 2. The maximum absolute atomic E-state index is 13.6. The van der Waals surface area contributed by atoms with Gasteiger partial charge in [-0.3, -0.25) is 0 Å². The van der Waals surface area contributed by atoms with Crippen LogP contribution < -0.4 is 5.73 Å². The highest BCUT2D eigenvalue weighted by Crippen LogP contribution is 2.35. The van der Waals surface area contributed by atoms with Gasteiger partial charge in [-0.15, -0.1) is 12.4 Å². The largest absolute Gasteiger partial charge is 0.328 e. The average Bonchev–Trinajstić information content (AvgIpc) is 3.19. The van der Waals surface area contributed by atoms with Crippen molar-refractivity contribution in [2.24, 2.45) is 5.73 Å². The van der Waals surface area contributed by atoms with Gasteiger partial charge in [0, 0.05) is 17.5 Å². The molecule has 0 amide bonds. The van der Waals surface area contributed by atoms with Crippen molar-refractivity contribution in [2.75, 3.05) is 11.5 Å². The molecule has 2 fully saturated rings. The molecule has 1 atom stereocenters. The van der Waals surface area contributed by atoms with E-state index in [4.69, 9.17) is 10.7 Å². The SMILES string of the molecule is Cl.NC1CCC(c2nc(-c3cccc(F)c3)nn2C2CCS(=O)(=O)C2)CC1. The van der Waals surface area contributed by atoms with Crippen molar-refractivity contribution in [2.45, 2.75) is 50.1 Å². The molecule has 27 heavy (non-hydrogen) atoms. The Hall–Kier alpha value is -1.51. The maximum Gasteiger partial charge on any atom is 0.181 e. The lowest BCUT2D eigenvalue weighted by atomic mass is 9.86. The molecule has 2 heterocycles. The fraction of sp³-hybridized carbons (Fsp3) is 0.556. The molecule has 1 aromatic carbocycles. The second kappa shape index (κ2) is 7.85. The van der Waals surface area contributed by atoms with E-state index in [-0.39, 0.29) is 47.7 Å². The molecule has 1 aliphatic heterocycles. The minimum absolute atomic E-state index is 0. The lowest BCUT2D eigenvalue weighted by Crippen LogP contribution is -2.27. The lowest BCUT2D eigenvalue weighted by molar-refractivity contribution is 0.359. The van der Waals surface area contributed by atoms with Crippen LogP contribution in [0.25, 0.3) is 11.4 Å². The fourth-order valence-electron chi connectivity index (χ4n) is 3.98. The van der Waals surface area contributed by atoms with Crippen molar-refractivity contribution in [3.63, 3.8) is 0 Å². The molecular formula is C18H24ClFN4O2S. The number of sulfone groups is 1. The Balaban J connectivity index is 0.00000210. The average molecular weight is 415 g/mol. The van der Waals surface area contributed by atoms with Gasteiger partial charge in [-0.2, -0.15) is 5.10 Å².